The van der Waals surface area contributed by atoms with E-state index in [0.29, 0.717) is 10.7 Å². The third-order valence-electron chi connectivity index (χ3n) is 3.14. The Bertz CT molecular complexity index is 732. The van der Waals surface area contributed by atoms with Gasteiger partial charge in [-0.05, 0) is 29.8 Å². The Morgan fingerprint density at radius 2 is 1.86 bits per heavy atom. The molecule has 2 aromatic carbocycles. The van der Waals surface area contributed by atoms with Gasteiger partial charge in [-0.1, -0.05) is 35.9 Å². The van der Waals surface area contributed by atoms with Crippen LogP contribution in [0.4, 0.5) is 5.69 Å². The van der Waals surface area contributed by atoms with Gasteiger partial charge in [0.2, 0.25) is 10.0 Å². The molecule has 0 radical (unpaired) electrons. The zero-order valence-corrected chi connectivity index (χ0v) is 13.4. The fourth-order valence-corrected chi connectivity index (χ4v) is 3.61. The number of halogens is 1. The topological polar surface area (TPSA) is 49.4 Å². The molecule has 0 spiro atoms. The zero-order valence-electron chi connectivity index (χ0n) is 11.9. The number of nitrogens with zero attached hydrogens (tertiary/aromatic N) is 1. The molecule has 0 aromatic heterocycles. The molecule has 0 unspecified atom stereocenters. The summed E-state index contributed by atoms with van der Waals surface area (Å²) in [6.45, 7) is 0.265. The van der Waals surface area contributed by atoms with Crippen LogP contribution in [0.3, 0.4) is 0 Å². The Morgan fingerprint density at radius 3 is 2.52 bits per heavy atom. The molecule has 112 valence electrons. The van der Waals surface area contributed by atoms with Crippen molar-refractivity contribution in [3.8, 4) is 0 Å². The first-order valence-electron chi connectivity index (χ1n) is 6.42. The van der Waals surface area contributed by atoms with E-state index in [-0.39, 0.29) is 11.4 Å². The van der Waals surface area contributed by atoms with Crippen LogP contribution in [0.15, 0.2) is 53.4 Å². The van der Waals surface area contributed by atoms with E-state index >= 15 is 0 Å². The molecule has 0 aliphatic heterocycles. The second-order valence-electron chi connectivity index (χ2n) is 4.64. The highest BCUT2D eigenvalue weighted by Gasteiger charge is 2.23. The summed E-state index contributed by atoms with van der Waals surface area (Å²) in [7, 11) is -0.307. The van der Waals surface area contributed by atoms with Gasteiger partial charge in [-0.25, -0.2) is 8.42 Å². The third kappa shape index (κ3) is 3.56. The molecule has 2 rings (SSSR count). The van der Waals surface area contributed by atoms with Crippen molar-refractivity contribution >= 4 is 27.3 Å². The standard InChI is InChI=1S/C15H17ClN2O2S/c1-17-14-8-3-4-9-15(14)21(19,20)18(2)11-12-6-5-7-13(16)10-12/h3-10,17H,11H2,1-2H3. The lowest BCUT2D eigenvalue weighted by Crippen LogP contribution is -2.27. The van der Waals surface area contributed by atoms with Crippen molar-refractivity contribution < 1.29 is 8.42 Å². The minimum Gasteiger partial charge on any atom is -0.387 e. The molecule has 6 heteroatoms. The minimum absolute atomic E-state index is 0.261. The predicted molar refractivity (Wildman–Crippen MR) is 86.1 cm³/mol. The number of benzene rings is 2. The van der Waals surface area contributed by atoms with Crippen molar-refractivity contribution in [1.82, 2.24) is 4.31 Å². The van der Waals surface area contributed by atoms with E-state index < -0.39 is 10.0 Å². The highest BCUT2D eigenvalue weighted by Crippen LogP contribution is 2.24. The van der Waals surface area contributed by atoms with E-state index in [1.54, 1.807) is 56.6 Å². The SMILES string of the molecule is CNc1ccccc1S(=O)(=O)N(C)Cc1cccc(Cl)c1. The quantitative estimate of drug-likeness (QED) is 0.918. The van der Waals surface area contributed by atoms with Crippen LogP contribution in [0, 0.1) is 0 Å². The molecule has 21 heavy (non-hydrogen) atoms. The van der Waals surface area contributed by atoms with Gasteiger partial charge >= 0.3 is 0 Å². The van der Waals surface area contributed by atoms with Gasteiger partial charge in [0.05, 0.1) is 5.69 Å². The average Bonchev–Trinajstić information content (AvgIpc) is 2.47. The lowest BCUT2D eigenvalue weighted by Gasteiger charge is -2.19. The molecule has 0 amide bonds. The second kappa shape index (κ2) is 6.47. The predicted octanol–water partition coefficient (Wildman–Crippen LogP) is 3.20. The van der Waals surface area contributed by atoms with Crippen LogP contribution in [-0.4, -0.2) is 26.8 Å². The minimum atomic E-state index is -3.57. The van der Waals surface area contributed by atoms with Crippen molar-refractivity contribution in [2.75, 3.05) is 19.4 Å². The Hall–Kier alpha value is -1.56. The van der Waals surface area contributed by atoms with Crippen LogP contribution < -0.4 is 5.32 Å². The molecule has 0 aliphatic rings. The van der Waals surface area contributed by atoms with Gasteiger partial charge in [-0.15, -0.1) is 0 Å². The highest BCUT2D eigenvalue weighted by atomic mass is 35.5. The van der Waals surface area contributed by atoms with Gasteiger partial charge < -0.3 is 5.32 Å². The van der Waals surface area contributed by atoms with E-state index in [1.807, 2.05) is 6.07 Å². The summed E-state index contributed by atoms with van der Waals surface area (Å²) in [5, 5.41) is 3.49. The summed E-state index contributed by atoms with van der Waals surface area (Å²) in [4.78, 5) is 0.261. The Labute approximate surface area is 130 Å². The number of para-hydroxylation sites is 1. The summed E-state index contributed by atoms with van der Waals surface area (Å²) >= 11 is 5.93. The van der Waals surface area contributed by atoms with Gasteiger partial charge in [0.25, 0.3) is 0 Å². The van der Waals surface area contributed by atoms with Crippen molar-refractivity contribution in [1.29, 1.82) is 0 Å². The number of rotatable bonds is 5. The van der Waals surface area contributed by atoms with Crippen LogP contribution >= 0.6 is 11.6 Å². The molecule has 1 N–H and O–H groups in total. The molecule has 4 nitrogen and oxygen atoms in total. The number of nitrogens with one attached hydrogen (secondary N) is 1. The smallest absolute Gasteiger partial charge is 0.245 e. The molecule has 0 heterocycles. The molecule has 0 bridgehead atoms. The van der Waals surface area contributed by atoms with Gasteiger partial charge in [-0.2, -0.15) is 4.31 Å². The van der Waals surface area contributed by atoms with Crippen molar-refractivity contribution in [2.24, 2.45) is 0 Å². The van der Waals surface area contributed by atoms with E-state index in [1.165, 1.54) is 4.31 Å². The van der Waals surface area contributed by atoms with Crippen LogP contribution in [0.5, 0.6) is 0 Å². The maximum absolute atomic E-state index is 12.7. The van der Waals surface area contributed by atoms with Gasteiger partial charge in [0.1, 0.15) is 4.90 Å². The lowest BCUT2D eigenvalue weighted by atomic mass is 10.2. The van der Waals surface area contributed by atoms with E-state index in [4.69, 9.17) is 11.6 Å². The summed E-state index contributed by atoms with van der Waals surface area (Å²) in [6.07, 6.45) is 0. The number of sulfonamides is 1. The molecule has 0 atom stereocenters. The van der Waals surface area contributed by atoms with Crippen LogP contribution in [0.1, 0.15) is 5.56 Å². The molecule has 0 aliphatic carbocycles. The summed E-state index contributed by atoms with van der Waals surface area (Å²) < 4.78 is 26.6. The first-order chi connectivity index (χ1) is 9.95. The fourth-order valence-electron chi connectivity index (χ4n) is 2.04. The van der Waals surface area contributed by atoms with Crippen LogP contribution in [-0.2, 0) is 16.6 Å². The second-order valence-corrected chi connectivity index (χ2v) is 7.09. The summed E-state index contributed by atoms with van der Waals surface area (Å²) in [5.41, 5.74) is 1.42. The Morgan fingerprint density at radius 1 is 1.14 bits per heavy atom. The number of anilines is 1. The van der Waals surface area contributed by atoms with Crippen molar-refractivity contribution in [2.45, 2.75) is 11.4 Å². The van der Waals surface area contributed by atoms with Gasteiger partial charge in [0, 0.05) is 25.7 Å². The third-order valence-corrected chi connectivity index (χ3v) is 5.24. The number of hydrogen-bond donors (Lipinski definition) is 1. The first kappa shape index (κ1) is 15.8. The first-order valence-corrected chi connectivity index (χ1v) is 8.24. The summed E-state index contributed by atoms with van der Waals surface area (Å²) in [6, 6.07) is 14.0. The number of hydrogen-bond acceptors (Lipinski definition) is 3. The molecule has 0 saturated carbocycles. The Kier molecular flexibility index (Phi) is 4.88. The van der Waals surface area contributed by atoms with Crippen LogP contribution in [0.2, 0.25) is 5.02 Å². The van der Waals surface area contributed by atoms with E-state index in [0.717, 1.165) is 5.56 Å². The molecular formula is C15H17ClN2O2S. The highest BCUT2D eigenvalue weighted by molar-refractivity contribution is 7.89. The molecule has 0 fully saturated rings. The molecular weight excluding hydrogens is 308 g/mol. The zero-order chi connectivity index (χ0) is 15.5. The Balaban J connectivity index is 2.31. The summed E-state index contributed by atoms with van der Waals surface area (Å²) in [5.74, 6) is 0. The van der Waals surface area contributed by atoms with E-state index in [9.17, 15) is 8.42 Å². The van der Waals surface area contributed by atoms with Crippen molar-refractivity contribution in [3.05, 3.63) is 59.1 Å². The maximum atomic E-state index is 12.7. The van der Waals surface area contributed by atoms with Crippen LogP contribution in [0.25, 0.3) is 0 Å². The normalized spacial score (nSPS) is 11.6. The fraction of sp³-hybridized carbons (Fsp3) is 0.200. The van der Waals surface area contributed by atoms with Crippen molar-refractivity contribution in [3.63, 3.8) is 0 Å². The monoisotopic (exact) mass is 324 g/mol. The largest absolute Gasteiger partial charge is 0.387 e. The molecule has 2 aromatic rings. The molecule has 0 saturated heterocycles. The van der Waals surface area contributed by atoms with Gasteiger partial charge in [-0.3, -0.25) is 0 Å². The maximum Gasteiger partial charge on any atom is 0.245 e. The van der Waals surface area contributed by atoms with E-state index in [2.05, 4.69) is 5.32 Å². The average molecular weight is 325 g/mol. The lowest BCUT2D eigenvalue weighted by molar-refractivity contribution is 0.467. The van der Waals surface area contributed by atoms with Gasteiger partial charge in [0.15, 0.2) is 0 Å².